The molecule has 3 rings (SSSR count). The summed E-state index contributed by atoms with van der Waals surface area (Å²) in [6.45, 7) is 3.93. The molecule has 1 heterocycles. The fourth-order valence-electron chi connectivity index (χ4n) is 2.98. The Hall–Kier alpha value is -2.00. The Kier molecular flexibility index (Phi) is 3.84. The number of nitrogens with zero attached hydrogens (tertiary/aromatic N) is 1. The number of methoxy groups -OCH3 is 1. The molecular formula is C18H22N2O. The number of hydrogen-bond donors (Lipinski definition) is 1. The molecule has 2 aromatic rings. The van der Waals surface area contributed by atoms with E-state index in [4.69, 9.17) is 10.5 Å². The highest BCUT2D eigenvalue weighted by Gasteiger charge is 2.20. The van der Waals surface area contributed by atoms with Crippen molar-refractivity contribution < 1.29 is 4.74 Å². The largest absolute Gasteiger partial charge is 0.496 e. The van der Waals surface area contributed by atoms with E-state index in [0.717, 1.165) is 30.8 Å². The van der Waals surface area contributed by atoms with Crippen LogP contribution in [-0.4, -0.2) is 13.7 Å². The second kappa shape index (κ2) is 5.78. The average Bonchev–Trinajstić information content (AvgIpc) is 2.90. The molecule has 0 aliphatic carbocycles. The van der Waals surface area contributed by atoms with Gasteiger partial charge in [0, 0.05) is 30.4 Å². The van der Waals surface area contributed by atoms with Gasteiger partial charge < -0.3 is 15.4 Å². The van der Waals surface area contributed by atoms with Crippen LogP contribution in [0.5, 0.6) is 5.75 Å². The maximum atomic E-state index is 6.00. The second-order valence-electron chi connectivity index (χ2n) is 5.66. The minimum atomic E-state index is 0.0421. The van der Waals surface area contributed by atoms with Crippen LogP contribution in [0, 0.1) is 0 Å². The molecule has 0 radical (unpaired) electrons. The summed E-state index contributed by atoms with van der Waals surface area (Å²) < 4.78 is 5.51. The van der Waals surface area contributed by atoms with E-state index in [2.05, 4.69) is 35.2 Å². The molecule has 0 amide bonds. The van der Waals surface area contributed by atoms with Gasteiger partial charge in [0.05, 0.1) is 7.11 Å². The summed E-state index contributed by atoms with van der Waals surface area (Å²) in [6.07, 6.45) is 1.12. The van der Waals surface area contributed by atoms with Gasteiger partial charge in [-0.1, -0.05) is 24.3 Å². The van der Waals surface area contributed by atoms with Crippen molar-refractivity contribution in [1.82, 2.24) is 0 Å². The highest BCUT2D eigenvalue weighted by Crippen LogP contribution is 2.31. The lowest BCUT2D eigenvalue weighted by Crippen LogP contribution is -2.20. The normalized spacial score (nSPS) is 14.9. The minimum absolute atomic E-state index is 0.0421. The third-order valence-corrected chi connectivity index (χ3v) is 4.17. The smallest absolute Gasteiger partial charge is 0.123 e. The molecule has 1 aliphatic heterocycles. The number of ether oxygens (including phenoxy) is 1. The van der Waals surface area contributed by atoms with Gasteiger partial charge >= 0.3 is 0 Å². The van der Waals surface area contributed by atoms with E-state index < -0.39 is 0 Å². The third kappa shape index (κ3) is 2.74. The van der Waals surface area contributed by atoms with Gasteiger partial charge in [-0.15, -0.1) is 0 Å². The van der Waals surface area contributed by atoms with Crippen LogP contribution in [0.1, 0.15) is 29.7 Å². The summed E-state index contributed by atoms with van der Waals surface area (Å²) in [5, 5.41) is 0. The van der Waals surface area contributed by atoms with Gasteiger partial charge in [-0.25, -0.2) is 0 Å². The van der Waals surface area contributed by atoms with Crippen LogP contribution in [0.3, 0.4) is 0 Å². The number of fused-ring (bicyclic) bond motifs is 1. The van der Waals surface area contributed by atoms with Crippen molar-refractivity contribution in [3.63, 3.8) is 0 Å². The van der Waals surface area contributed by atoms with E-state index in [1.807, 2.05) is 19.1 Å². The lowest BCUT2D eigenvalue weighted by molar-refractivity contribution is 0.409. The number of benzene rings is 2. The summed E-state index contributed by atoms with van der Waals surface area (Å²) in [4.78, 5) is 2.41. The molecule has 21 heavy (non-hydrogen) atoms. The zero-order valence-corrected chi connectivity index (χ0v) is 12.7. The van der Waals surface area contributed by atoms with Crippen LogP contribution in [-0.2, 0) is 13.0 Å². The molecule has 0 saturated carbocycles. The van der Waals surface area contributed by atoms with Gasteiger partial charge in [0.1, 0.15) is 5.75 Å². The molecule has 0 bridgehead atoms. The molecule has 0 fully saturated rings. The van der Waals surface area contributed by atoms with E-state index >= 15 is 0 Å². The summed E-state index contributed by atoms with van der Waals surface area (Å²) in [5.74, 6) is 0.934. The Morgan fingerprint density at radius 3 is 2.81 bits per heavy atom. The average molecular weight is 282 g/mol. The number of para-hydroxylation sites is 1. The lowest BCUT2D eigenvalue weighted by Gasteiger charge is -2.22. The predicted octanol–water partition coefficient (Wildman–Crippen LogP) is 3.28. The van der Waals surface area contributed by atoms with Crippen LogP contribution >= 0.6 is 0 Å². The van der Waals surface area contributed by atoms with Crippen LogP contribution in [0.15, 0.2) is 42.5 Å². The molecular weight excluding hydrogens is 260 g/mol. The standard InChI is InChI=1S/C18H22N2O/c1-13(19)15-7-8-18(21-2)16(11-15)12-20-10-9-14-5-3-4-6-17(14)20/h3-8,11,13H,9-10,12,19H2,1-2H3. The van der Waals surface area contributed by atoms with Gasteiger partial charge in [-0.3, -0.25) is 0 Å². The zero-order valence-electron chi connectivity index (χ0n) is 12.7. The molecule has 0 spiro atoms. The first-order valence-corrected chi connectivity index (χ1v) is 7.44. The van der Waals surface area contributed by atoms with Crippen LogP contribution in [0.25, 0.3) is 0 Å². The summed E-state index contributed by atoms with van der Waals surface area (Å²) in [7, 11) is 1.72. The Bertz CT molecular complexity index is 637. The fraction of sp³-hybridized carbons (Fsp3) is 0.333. The minimum Gasteiger partial charge on any atom is -0.496 e. The van der Waals surface area contributed by atoms with E-state index in [1.165, 1.54) is 16.8 Å². The highest BCUT2D eigenvalue weighted by atomic mass is 16.5. The molecule has 110 valence electrons. The summed E-state index contributed by atoms with van der Waals surface area (Å²) >= 11 is 0. The first-order valence-electron chi connectivity index (χ1n) is 7.44. The first kappa shape index (κ1) is 14.0. The Morgan fingerprint density at radius 2 is 2.05 bits per heavy atom. The van der Waals surface area contributed by atoms with Crippen molar-refractivity contribution in [2.45, 2.75) is 25.9 Å². The van der Waals surface area contributed by atoms with Crippen molar-refractivity contribution in [2.75, 3.05) is 18.6 Å². The van der Waals surface area contributed by atoms with Crippen LogP contribution < -0.4 is 15.4 Å². The number of hydrogen-bond acceptors (Lipinski definition) is 3. The Morgan fingerprint density at radius 1 is 1.24 bits per heavy atom. The molecule has 1 aliphatic rings. The first-order chi connectivity index (χ1) is 10.2. The number of anilines is 1. The van der Waals surface area contributed by atoms with E-state index in [1.54, 1.807) is 7.11 Å². The molecule has 1 unspecified atom stereocenters. The summed E-state index contributed by atoms with van der Waals surface area (Å²) in [5.41, 5.74) is 11.1. The maximum Gasteiger partial charge on any atom is 0.123 e. The van der Waals surface area contributed by atoms with Gasteiger partial charge in [-0.05, 0) is 42.7 Å². The topological polar surface area (TPSA) is 38.5 Å². The van der Waals surface area contributed by atoms with Crippen molar-refractivity contribution in [3.05, 3.63) is 59.2 Å². The molecule has 2 aromatic carbocycles. The molecule has 3 heteroatoms. The van der Waals surface area contributed by atoms with Gasteiger partial charge in [0.15, 0.2) is 0 Å². The SMILES string of the molecule is COc1ccc(C(C)N)cc1CN1CCc2ccccc21. The second-order valence-corrected chi connectivity index (χ2v) is 5.66. The van der Waals surface area contributed by atoms with Gasteiger partial charge in [0.2, 0.25) is 0 Å². The summed E-state index contributed by atoms with van der Waals surface area (Å²) in [6, 6.07) is 14.9. The van der Waals surface area contributed by atoms with Crippen molar-refractivity contribution in [3.8, 4) is 5.75 Å². The quantitative estimate of drug-likeness (QED) is 0.935. The van der Waals surface area contributed by atoms with Crippen molar-refractivity contribution in [2.24, 2.45) is 5.73 Å². The zero-order chi connectivity index (χ0) is 14.8. The molecule has 2 N–H and O–H groups in total. The Labute approximate surface area is 126 Å². The van der Waals surface area contributed by atoms with Crippen molar-refractivity contribution >= 4 is 5.69 Å². The molecule has 1 atom stereocenters. The Balaban J connectivity index is 1.90. The van der Waals surface area contributed by atoms with Crippen LogP contribution in [0.4, 0.5) is 5.69 Å². The van der Waals surface area contributed by atoms with Crippen LogP contribution in [0.2, 0.25) is 0 Å². The van der Waals surface area contributed by atoms with E-state index in [0.29, 0.717) is 0 Å². The van der Waals surface area contributed by atoms with Crippen molar-refractivity contribution in [1.29, 1.82) is 0 Å². The monoisotopic (exact) mass is 282 g/mol. The lowest BCUT2D eigenvalue weighted by atomic mass is 10.0. The number of nitrogens with two attached hydrogens (primary N) is 1. The molecule has 0 saturated heterocycles. The molecule has 0 aromatic heterocycles. The van der Waals surface area contributed by atoms with Gasteiger partial charge in [0.25, 0.3) is 0 Å². The highest BCUT2D eigenvalue weighted by molar-refractivity contribution is 5.58. The number of rotatable bonds is 4. The van der Waals surface area contributed by atoms with E-state index in [9.17, 15) is 0 Å². The maximum absolute atomic E-state index is 6.00. The van der Waals surface area contributed by atoms with Gasteiger partial charge in [-0.2, -0.15) is 0 Å². The molecule has 3 nitrogen and oxygen atoms in total. The fourth-order valence-corrected chi connectivity index (χ4v) is 2.98. The third-order valence-electron chi connectivity index (χ3n) is 4.17. The predicted molar refractivity (Wildman–Crippen MR) is 86.8 cm³/mol. The van der Waals surface area contributed by atoms with E-state index in [-0.39, 0.29) is 6.04 Å².